The highest BCUT2D eigenvalue weighted by Crippen LogP contribution is 2.31. The predicted molar refractivity (Wildman–Crippen MR) is 91.8 cm³/mol. The van der Waals surface area contributed by atoms with Gasteiger partial charge in [-0.1, -0.05) is 39.3 Å². The first kappa shape index (κ1) is 18.5. The average Bonchev–Trinajstić information content (AvgIpc) is 2.95. The molecule has 1 aliphatic rings. The molecule has 0 fully saturated rings. The van der Waals surface area contributed by atoms with Gasteiger partial charge >= 0.3 is 5.97 Å². The Morgan fingerprint density at radius 3 is 2.50 bits per heavy atom. The number of halogens is 1. The van der Waals surface area contributed by atoms with Crippen LogP contribution in [0.25, 0.3) is 11.0 Å². The molecule has 5 heteroatoms. The lowest BCUT2D eigenvalue weighted by Gasteiger charge is -2.09. The van der Waals surface area contributed by atoms with Crippen molar-refractivity contribution in [1.29, 1.82) is 0 Å². The van der Waals surface area contributed by atoms with Crippen LogP contribution in [-0.2, 0) is 17.6 Å². The first-order valence-electron chi connectivity index (χ1n) is 7.99. The fraction of sp³-hybridized carbons (Fsp3) is 0.529. The molecule has 0 radical (unpaired) electrons. The van der Waals surface area contributed by atoms with Gasteiger partial charge in [-0.15, -0.1) is 0 Å². The summed E-state index contributed by atoms with van der Waals surface area (Å²) < 4.78 is 4.79. The van der Waals surface area contributed by atoms with E-state index in [1.165, 1.54) is 24.8 Å². The molecule has 4 nitrogen and oxygen atoms in total. The lowest BCUT2D eigenvalue weighted by molar-refractivity contribution is 0.0602. The monoisotopic (exact) mass is 324 g/mol. The molecule has 22 heavy (non-hydrogen) atoms. The normalized spacial score (nSPS) is 12.5. The molecule has 0 saturated heterocycles. The third-order valence-electron chi connectivity index (χ3n) is 3.42. The molecule has 3 rings (SSSR count). The van der Waals surface area contributed by atoms with E-state index in [-0.39, 0.29) is 5.97 Å². The lowest BCUT2D eigenvalue weighted by atomic mass is 9.97. The maximum atomic E-state index is 11.8. The summed E-state index contributed by atoms with van der Waals surface area (Å²) in [5, 5.41) is 0.329. The smallest absolute Gasteiger partial charge is 0.340 e. The van der Waals surface area contributed by atoms with Crippen LogP contribution in [0.2, 0.25) is 5.15 Å². The van der Waals surface area contributed by atoms with Crippen LogP contribution in [0, 0.1) is 0 Å². The molecular formula is C17H25ClN2O2. The van der Waals surface area contributed by atoms with Gasteiger partial charge in [-0.2, -0.15) is 0 Å². The Labute approximate surface area is 137 Å². The third-order valence-corrected chi connectivity index (χ3v) is 3.62. The molecule has 2 aromatic rings. The summed E-state index contributed by atoms with van der Waals surface area (Å²) in [5.74, 6) is -0.386. The molecule has 0 aliphatic heterocycles. The van der Waals surface area contributed by atoms with Crippen molar-refractivity contribution < 1.29 is 9.53 Å². The largest absolute Gasteiger partial charge is 0.465 e. The van der Waals surface area contributed by atoms with Gasteiger partial charge in [-0.25, -0.2) is 9.78 Å². The number of rotatable bonds is 1. The van der Waals surface area contributed by atoms with Crippen LogP contribution in [0.1, 0.15) is 62.2 Å². The van der Waals surface area contributed by atoms with E-state index in [9.17, 15) is 4.79 Å². The molecule has 0 saturated carbocycles. The molecule has 0 bridgehead atoms. The van der Waals surface area contributed by atoms with Gasteiger partial charge in [0.25, 0.3) is 0 Å². The molecule has 0 spiro atoms. The Morgan fingerprint density at radius 2 is 1.86 bits per heavy atom. The van der Waals surface area contributed by atoms with E-state index in [2.05, 4.69) is 9.97 Å². The lowest BCUT2D eigenvalue weighted by Crippen LogP contribution is -2.03. The second-order valence-electron chi connectivity index (χ2n) is 4.50. The van der Waals surface area contributed by atoms with Crippen LogP contribution >= 0.6 is 11.6 Å². The second kappa shape index (κ2) is 8.79. The number of H-pyrrole nitrogens is 1. The Kier molecular flexibility index (Phi) is 7.39. The number of fused-ring (bicyclic) bond motifs is 3. The SMILES string of the molecule is CC.CC.COC(=O)c1cc(Cl)nc2c3c([nH]c12)CCCC3. The van der Waals surface area contributed by atoms with Crippen molar-refractivity contribution in [2.24, 2.45) is 0 Å². The number of hydrogen-bond acceptors (Lipinski definition) is 3. The van der Waals surface area contributed by atoms with E-state index >= 15 is 0 Å². The summed E-state index contributed by atoms with van der Waals surface area (Å²) in [6.45, 7) is 8.00. The van der Waals surface area contributed by atoms with Gasteiger partial charge in [0.05, 0.1) is 23.7 Å². The van der Waals surface area contributed by atoms with Crippen LogP contribution in [0.3, 0.4) is 0 Å². The zero-order valence-corrected chi connectivity index (χ0v) is 14.8. The van der Waals surface area contributed by atoms with Gasteiger partial charge in [0.1, 0.15) is 5.15 Å². The number of carbonyl (C=O) groups excluding carboxylic acids is 1. The van der Waals surface area contributed by atoms with Crippen LogP contribution in [-0.4, -0.2) is 23.0 Å². The summed E-state index contributed by atoms with van der Waals surface area (Å²) in [6.07, 6.45) is 4.32. The van der Waals surface area contributed by atoms with E-state index in [1.54, 1.807) is 6.07 Å². The quantitative estimate of drug-likeness (QED) is 0.597. The standard InChI is InChI=1S/C13H13ClN2O2.2C2H6/c1-18-13(17)8-6-10(14)16-11-7-4-2-3-5-9(7)15-12(8)11;2*1-2/h6,15H,2-5H2,1H3;2*1-2H3. The number of nitrogens with one attached hydrogen (secondary N) is 1. The molecule has 0 amide bonds. The van der Waals surface area contributed by atoms with Crippen molar-refractivity contribution >= 4 is 28.6 Å². The molecule has 2 heterocycles. The van der Waals surface area contributed by atoms with Gasteiger partial charge in [0, 0.05) is 5.69 Å². The zero-order chi connectivity index (χ0) is 16.7. The number of carbonyl (C=O) groups is 1. The van der Waals surface area contributed by atoms with Crippen LogP contribution in [0.4, 0.5) is 0 Å². The first-order valence-corrected chi connectivity index (χ1v) is 8.37. The second-order valence-corrected chi connectivity index (χ2v) is 4.88. The maximum absolute atomic E-state index is 11.8. The van der Waals surface area contributed by atoms with Crippen molar-refractivity contribution in [1.82, 2.24) is 9.97 Å². The van der Waals surface area contributed by atoms with Crippen LogP contribution in [0.5, 0.6) is 0 Å². The van der Waals surface area contributed by atoms with Crippen molar-refractivity contribution in [3.05, 3.63) is 28.0 Å². The Morgan fingerprint density at radius 1 is 1.23 bits per heavy atom. The average molecular weight is 325 g/mol. The molecule has 0 atom stereocenters. The number of nitrogens with zero attached hydrogens (tertiary/aromatic N) is 1. The fourth-order valence-electron chi connectivity index (χ4n) is 2.59. The maximum Gasteiger partial charge on any atom is 0.340 e. The van der Waals surface area contributed by atoms with Gasteiger partial charge < -0.3 is 9.72 Å². The number of aryl methyl sites for hydroxylation is 2. The van der Waals surface area contributed by atoms with Crippen molar-refractivity contribution in [3.63, 3.8) is 0 Å². The van der Waals surface area contributed by atoms with E-state index in [0.29, 0.717) is 10.7 Å². The summed E-state index contributed by atoms with van der Waals surface area (Å²) in [6, 6.07) is 1.55. The Bertz CT molecular complexity index is 635. The van der Waals surface area contributed by atoms with E-state index in [0.717, 1.165) is 30.3 Å². The van der Waals surface area contributed by atoms with E-state index in [4.69, 9.17) is 16.3 Å². The molecule has 2 aromatic heterocycles. The predicted octanol–water partition coefficient (Wildman–Crippen LogP) is 4.93. The van der Waals surface area contributed by atoms with Crippen molar-refractivity contribution in [2.75, 3.05) is 7.11 Å². The minimum absolute atomic E-state index is 0.329. The van der Waals surface area contributed by atoms with Gasteiger partial charge in [-0.05, 0) is 37.3 Å². The number of pyridine rings is 1. The summed E-state index contributed by atoms with van der Waals surface area (Å²) in [5.41, 5.74) is 4.40. The molecular weight excluding hydrogens is 300 g/mol. The van der Waals surface area contributed by atoms with Gasteiger partial charge in [-0.3, -0.25) is 0 Å². The van der Waals surface area contributed by atoms with Gasteiger partial charge in [0.15, 0.2) is 0 Å². The number of ether oxygens (including phenoxy) is 1. The highest BCUT2D eigenvalue weighted by atomic mass is 35.5. The number of esters is 1. The molecule has 122 valence electrons. The fourth-order valence-corrected chi connectivity index (χ4v) is 2.78. The van der Waals surface area contributed by atoms with E-state index in [1.807, 2.05) is 27.7 Å². The van der Waals surface area contributed by atoms with E-state index < -0.39 is 0 Å². The molecule has 0 aromatic carbocycles. The molecule has 0 unspecified atom stereocenters. The van der Waals surface area contributed by atoms with Gasteiger partial charge in [0.2, 0.25) is 0 Å². The minimum Gasteiger partial charge on any atom is -0.465 e. The molecule has 1 N–H and O–H groups in total. The Balaban J connectivity index is 0.000000561. The molecule has 1 aliphatic carbocycles. The zero-order valence-electron chi connectivity index (χ0n) is 14.0. The third kappa shape index (κ3) is 3.61. The minimum atomic E-state index is -0.386. The Hall–Kier alpha value is -1.55. The first-order chi connectivity index (χ1) is 10.7. The van der Waals surface area contributed by atoms with Crippen molar-refractivity contribution in [3.8, 4) is 0 Å². The van der Waals surface area contributed by atoms with Crippen LogP contribution < -0.4 is 0 Å². The van der Waals surface area contributed by atoms with Crippen molar-refractivity contribution in [2.45, 2.75) is 53.4 Å². The highest BCUT2D eigenvalue weighted by molar-refractivity contribution is 6.30. The number of hydrogen-bond donors (Lipinski definition) is 1. The number of aromatic nitrogens is 2. The topological polar surface area (TPSA) is 55.0 Å². The highest BCUT2D eigenvalue weighted by Gasteiger charge is 2.21. The summed E-state index contributed by atoms with van der Waals surface area (Å²) in [4.78, 5) is 19.4. The number of aromatic amines is 1. The van der Waals surface area contributed by atoms with Crippen LogP contribution in [0.15, 0.2) is 6.07 Å². The number of methoxy groups -OCH3 is 1. The summed E-state index contributed by atoms with van der Waals surface area (Å²) in [7, 11) is 1.37. The summed E-state index contributed by atoms with van der Waals surface area (Å²) >= 11 is 5.99.